The van der Waals surface area contributed by atoms with Crippen LogP contribution in [0.1, 0.15) is 18.4 Å². The molecule has 1 aromatic carbocycles. The summed E-state index contributed by atoms with van der Waals surface area (Å²) in [6.07, 6.45) is 5.39. The summed E-state index contributed by atoms with van der Waals surface area (Å²) in [4.78, 5) is 4.37. The second kappa shape index (κ2) is 5.10. The number of rotatable bonds is 4. The molecule has 1 unspecified atom stereocenters. The van der Waals surface area contributed by atoms with Crippen molar-refractivity contribution in [2.45, 2.75) is 12.8 Å². The van der Waals surface area contributed by atoms with Gasteiger partial charge in [-0.05, 0) is 17.5 Å². The largest absolute Gasteiger partial charge is 0.368 e. The average Bonchev–Trinajstić information content (AvgIpc) is 2.94. The van der Waals surface area contributed by atoms with E-state index >= 15 is 0 Å². The van der Waals surface area contributed by atoms with Gasteiger partial charge in [-0.2, -0.15) is 5.10 Å². The molecule has 3 rings (SSSR count). The van der Waals surface area contributed by atoms with Crippen LogP contribution in [0, 0.1) is 0 Å². The van der Waals surface area contributed by atoms with Crippen LogP contribution in [0.25, 0.3) is 5.52 Å². The van der Waals surface area contributed by atoms with Crippen molar-refractivity contribution in [1.29, 1.82) is 0 Å². The van der Waals surface area contributed by atoms with Crippen molar-refractivity contribution >= 4 is 11.3 Å². The molecule has 4 heteroatoms. The first-order valence-electron chi connectivity index (χ1n) is 6.42. The summed E-state index contributed by atoms with van der Waals surface area (Å²) >= 11 is 0. The molecule has 0 radical (unpaired) electrons. The highest BCUT2D eigenvalue weighted by Gasteiger charge is 2.07. The molecule has 2 heterocycles. The van der Waals surface area contributed by atoms with Crippen LogP contribution in [0.15, 0.2) is 55.0 Å². The Labute approximate surface area is 112 Å². The minimum Gasteiger partial charge on any atom is -0.368 e. The molecule has 0 spiro atoms. The molecule has 0 aliphatic rings. The monoisotopic (exact) mass is 252 g/mol. The third kappa shape index (κ3) is 2.42. The van der Waals surface area contributed by atoms with Gasteiger partial charge in [0.05, 0.1) is 6.20 Å². The second-order valence-electron chi connectivity index (χ2n) is 4.63. The average molecular weight is 252 g/mol. The normalized spacial score (nSPS) is 12.5. The Morgan fingerprint density at radius 1 is 1.16 bits per heavy atom. The Kier molecular flexibility index (Phi) is 3.14. The van der Waals surface area contributed by atoms with Crippen molar-refractivity contribution in [3.63, 3.8) is 0 Å². The lowest BCUT2D eigenvalue weighted by Gasteiger charge is -2.13. The number of fused-ring (bicyclic) bond motifs is 1. The Bertz CT molecular complexity index is 660. The summed E-state index contributed by atoms with van der Waals surface area (Å²) in [6, 6.07) is 12.4. The van der Waals surface area contributed by atoms with Gasteiger partial charge in [-0.15, -0.1) is 0 Å². The van der Waals surface area contributed by atoms with Gasteiger partial charge in [0, 0.05) is 18.9 Å². The van der Waals surface area contributed by atoms with Crippen molar-refractivity contribution in [2.75, 3.05) is 11.9 Å². The number of anilines is 1. The Morgan fingerprint density at radius 2 is 2.00 bits per heavy atom. The summed E-state index contributed by atoms with van der Waals surface area (Å²) in [5.41, 5.74) is 2.33. The van der Waals surface area contributed by atoms with Crippen molar-refractivity contribution in [1.82, 2.24) is 14.6 Å². The van der Waals surface area contributed by atoms with Crippen LogP contribution >= 0.6 is 0 Å². The van der Waals surface area contributed by atoms with Gasteiger partial charge in [-0.25, -0.2) is 9.50 Å². The van der Waals surface area contributed by atoms with Crippen LogP contribution in [0.4, 0.5) is 5.82 Å². The topological polar surface area (TPSA) is 42.2 Å². The fraction of sp³-hybridized carbons (Fsp3) is 0.200. The van der Waals surface area contributed by atoms with E-state index in [2.05, 4.69) is 46.6 Å². The SMILES string of the molecule is CC(CNc1nccn2nccc12)c1ccccc1. The summed E-state index contributed by atoms with van der Waals surface area (Å²) < 4.78 is 1.82. The molecule has 1 N–H and O–H groups in total. The van der Waals surface area contributed by atoms with E-state index in [-0.39, 0.29) is 0 Å². The number of nitrogens with zero attached hydrogens (tertiary/aromatic N) is 3. The van der Waals surface area contributed by atoms with E-state index < -0.39 is 0 Å². The molecule has 0 bridgehead atoms. The summed E-state index contributed by atoms with van der Waals surface area (Å²) in [5, 5.41) is 7.60. The zero-order valence-electron chi connectivity index (χ0n) is 10.8. The van der Waals surface area contributed by atoms with Gasteiger partial charge in [0.1, 0.15) is 5.52 Å². The maximum Gasteiger partial charge on any atom is 0.152 e. The van der Waals surface area contributed by atoms with E-state index in [1.165, 1.54) is 5.56 Å². The lowest BCUT2D eigenvalue weighted by atomic mass is 10.0. The van der Waals surface area contributed by atoms with Gasteiger partial charge in [0.25, 0.3) is 0 Å². The summed E-state index contributed by atoms with van der Waals surface area (Å²) in [7, 11) is 0. The highest BCUT2D eigenvalue weighted by Crippen LogP contribution is 2.17. The highest BCUT2D eigenvalue weighted by atomic mass is 15.2. The zero-order chi connectivity index (χ0) is 13.1. The fourth-order valence-electron chi connectivity index (χ4n) is 2.14. The molecule has 0 amide bonds. The van der Waals surface area contributed by atoms with Crippen molar-refractivity contribution in [3.8, 4) is 0 Å². The van der Waals surface area contributed by atoms with Crippen LogP contribution in [-0.4, -0.2) is 21.1 Å². The Hall–Kier alpha value is -2.36. The van der Waals surface area contributed by atoms with Crippen LogP contribution in [-0.2, 0) is 0 Å². The van der Waals surface area contributed by atoms with Gasteiger partial charge >= 0.3 is 0 Å². The van der Waals surface area contributed by atoms with E-state index in [0.717, 1.165) is 17.9 Å². The van der Waals surface area contributed by atoms with E-state index in [0.29, 0.717) is 5.92 Å². The molecule has 0 aliphatic heterocycles. The predicted molar refractivity (Wildman–Crippen MR) is 76.3 cm³/mol. The van der Waals surface area contributed by atoms with Crippen molar-refractivity contribution < 1.29 is 0 Å². The van der Waals surface area contributed by atoms with Crippen molar-refractivity contribution in [3.05, 3.63) is 60.6 Å². The first-order valence-corrected chi connectivity index (χ1v) is 6.42. The molecule has 0 saturated heterocycles. The van der Waals surface area contributed by atoms with Crippen LogP contribution in [0.3, 0.4) is 0 Å². The molecular weight excluding hydrogens is 236 g/mol. The molecule has 2 aromatic heterocycles. The predicted octanol–water partition coefficient (Wildman–Crippen LogP) is 2.94. The third-order valence-electron chi connectivity index (χ3n) is 3.27. The first kappa shape index (κ1) is 11.7. The summed E-state index contributed by atoms with van der Waals surface area (Å²) in [5.74, 6) is 1.31. The van der Waals surface area contributed by atoms with E-state index in [4.69, 9.17) is 0 Å². The molecule has 3 aromatic rings. The van der Waals surface area contributed by atoms with Gasteiger partial charge < -0.3 is 5.32 Å². The lowest BCUT2D eigenvalue weighted by Crippen LogP contribution is -2.11. The maximum absolute atomic E-state index is 4.37. The van der Waals surface area contributed by atoms with E-state index in [1.807, 2.05) is 22.8 Å². The van der Waals surface area contributed by atoms with Gasteiger partial charge in [0.2, 0.25) is 0 Å². The number of benzene rings is 1. The highest BCUT2D eigenvalue weighted by molar-refractivity contribution is 5.66. The van der Waals surface area contributed by atoms with Crippen LogP contribution in [0.5, 0.6) is 0 Å². The molecule has 19 heavy (non-hydrogen) atoms. The van der Waals surface area contributed by atoms with Crippen LogP contribution < -0.4 is 5.32 Å². The third-order valence-corrected chi connectivity index (χ3v) is 3.27. The standard InChI is InChI=1S/C15H16N4/c1-12(13-5-3-2-4-6-13)11-17-15-14-7-8-18-19(14)10-9-16-15/h2-10,12H,11H2,1H3,(H,16,17). The van der Waals surface area contributed by atoms with Crippen molar-refractivity contribution in [2.24, 2.45) is 0 Å². The quantitative estimate of drug-likeness (QED) is 0.776. The Morgan fingerprint density at radius 3 is 2.84 bits per heavy atom. The van der Waals surface area contributed by atoms with E-state index in [9.17, 15) is 0 Å². The van der Waals surface area contributed by atoms with Crippen LogP contribution in [0.2, 0.25) is 0 Å². The molecule has 0 fully saturated rings. The first-order chi connectivity index (χ1) is 9.34. The fourth-order valence-corrected chi connectivity index (χ4v) is 2.14. The van der Waals surface area contributed by atoms with E-state index in [1.54, 1.807) is 12.4 Å². The molecule has 1 atom stereocenters. The zero-order valence-corrected chi connectivity index (χ0v) is 10.8. The second-order valence-corrected chi connectivity index (χ2v) is 4.63. The summed E-state index contributed by atoms with van der Waals surface area (Å²) in [6.45, 7) is 3.06. The smallest absolute Gasteiger partial charge is 0.152 e. The number of nitrogens with one attached hydrogen (secondary N) is 1. The maximum atomic E-state index is 4.37. The minimum absolute atomic E-state index is 0.436. The molecule has 4 nitrogen and oxygen atoms in total. The van der Waals surface area contributed by atoms with Gasteiger partial charge in [-0.3, -0.25) is 0 Å². The number of aromatic nitrogens is 3. The van der Waals surface area contributed by atoms with Gasteiger partial charge in [-0.1, -0.05) is 37.3 Å². The molecule has 0 aliphatic carbocycles. The lowest BCUT2D eigenvalue weighted by molar-refractivity contribution is 0.800. The minimum atomic E-state index is 0.436. The molecule has 96 valence electrons. The number of hydrogen-bond acceptors (Lipinski definition) is 3. The molecule has 0 saturated carbocycles. The molecular formula is C15H16N4. The Balaban J connectivity index is 1.74. The number of hydrogen-bond donors (Lipinski definition) is 1. The van der Waals surface area contributed by atoms with Gasteiger partial charge in [0.15, 0.2) is 5.82 Å².